The molecule has 0 spiro atoms. The molecule has 0 unspecified atom stereocenters. The van der Waals surface area contributed by atoms with Crippen LogP contribution in [0.4, 0.5) is 0 Å². The summed E-state index contributed by atoms with van der Waals surface area (Å²) in [6.45, 7) is 0. The largest absolute Gasteiger partial charge is 0.291 e. The number of fused-ring (bicyclic) bond motifs is 1. The zero-order valence-electron chi connectivity index (χ0n) is 6.56. The van der Waals surface area contributed by atoms with E-state index in [4.69, 9.17) is 0 Å². The van der Waals surface area contributed by atoms with Gasteiger partial charge < -0.3 is 0 Å². The normalized spacial score (nSPS) is 16.0. The van der Waals surface area contributed by atoms with Crippen LogP contribution in [0.1, 0.15) is 20.7 Å². The van der Waals surface area contributed by atoms with Gasteiger partial charge in [0.2, 0.25) is 6.04 Å². The van der Waals surface area contributed by atoms with Crippen molar-refractivity contribution in [3.8, 4) is 0 Å². The number of Topliss-reactive ketones (excluding diaryl/α,β-unsaturated/α-hetero) is 2. The summed E-state index contributed by atoms with van der Waals surface area (Å²) >= 11 is 0. The van der Waals surface area contributed by atoms with Gasteiger partial charge in [-0.05, 0) is 5.18 Å². The van der Waals surface area contributed by atoms with E-state index in [1.54, 1.807) is 12.1 Å². The molecule has 64 valence electrons. The van der Waals surface area contributed by atoms with Gasteiger partial charge >= 0.3 is 0 Å². The second-order valence-electron chi connectivity index (χ2n) is 2.78. The molecule has 0 radical (unpaired) electrons. The molecule has 1 aliphatic carbocycles. The fourth-order valence-electron chi connectivity index (χ4n) is 1.42. The third-order valence-electron chi connectivity index (χ3n) is 2.06. The summed E-state index contributed by atoms with van der Waals surface area (Å²) in [6.07, 6.45) is 0. The molecule has 1 aromatic rings. The molecule has 13 heavy (non-hydrogen) atoms. The number of nitrogens with zero attached hydrogens (tertiary/aromatic N) is 1. The molecule has 1 aromatic carbocycles. The molecule has 0 saturated heterocycles. The maximum Gasteiger partial charge on any atom is 0.217 e. The van der Waals surface area contributed by atoms with Gasteiger partial charge in [0.05, 0.1) is 0 Å². The Balaban J connectivity index is 2.63. The highest BCUT2D eigenvalue weighted by molar-refractivity contribution is 6.29. The van der Waals surface area contributed by atoms with Crippen molar-refractivity contribution >= 4 is 11.6 Å². The van der Waals surface area contributed by atoms with Crippen molar-refractivity contribution in [3.05, 3.63) is 40.3 Å². The lowest BCUT2D eigenvalue weighted by Crippen LogP contribution is -2.18. The second kappa shape index (κ2) is 2.58. The summed E-state index contributed by atoms with van der Waals surface area (Å²) in [5.74, 6) is -0.980. The van der Waals surface area contributed by atoms with Crippen molar-refractivity contribution in [2.75, 3.05) is 0 Å². The Labute approximate surface area is 73.5 Å². The van der Waals surface area contributed by atoms with Crippen molar-refractivity contribution in [1.29, 1.82) is 0 Å². The van der Waals surface area contributed by atoms with E-state index in [2.05, 4.69) is 5.18 Å². The number of rotatable bonds is 1. The van der Waals surface area contributed by atoms with E-state index in [9.17, 15) is 14.5 Å². The monoisotopic (exact) mass is 175 g/mol. The van der Waals surface area contributed by atoms with Crippen LogP contribution in [0.15, 0.2) is 29.4 Å². The number of carbonyl (C=O) groups is 2. The number of ketones is 2. The maximum absolute atomic E-state index is 11.3. The molecule has 0 amide bonds. The van der Waals surface area contributed by atoms with Crippen LogP contribution in [0, 0.1) is 4.91 Å². The van der Waals surface area contributed by atoms with E-state index in [-0.39, 0.29) is 0 Å². The van der Waals surface area contributed by atoms with E-state index in [0.29, 0.717) is 11.1 Å². The fourth-order valence-corrected chi connectivity index (χ4v) is 1.42. The van der Waals surface area contributed by atoms with Crippen LogP contribution in [0.25, 0.3) is 0 Å². The Bertz CT molecular complexity index is 376. The van der Waals surface area contributed by atoms with Crippen molar-refractivity contribution in [2.45, 2.75) is 6.04 Å². The third-order valence-corrected chi connectivity index (χ3v) is 2.06. The van der Waals surface area contributed by atoms with Crippen LogP contribution in [0.2, 0.25) is 0 Å². The number of nitroso groups, excluding NO2 is 1. The summed E-state index contributed by atoms with van der Waals surface area (Å²) < 4.78 is 0. The van der Waals surface area contributed by atoms with E-state index in [1.165, 1.54) is 12.1 Å². The zero-order chi connectivity index (χ0) is 9.42. The highest BCUT2D eigenvalue weighted by Crippen LogP contribution is 2.23. The molecular formula is C9H5NO3. The first kappa shape index (κ1) is 7.79. The lowest BCUT2D eigenvalue weighted by molar-refractivity contribution is 0.0893. The Hall–Kier alpha value is -1.84. The van der Waals surface area contributed by atoms with Gasteiger partial charge in [-0.3, -0.25) is 9.59 Å². The lowest BCUT2D eigenvalue weighted by atomic mass is 10.1. The van der Waals surface area contributed by atoms with Crippen molar-refractivity contribution < 1.29 is 9.59 Å². The van der Waals surface area contributed by atoms with Gasteiger partial charge in [-0.2, -0.15) is 0 Å². The number of hydrogen-bond acceptors (Lipinski definition) is 4. The van der Waals surface area contributed by atoms with Crippen molar-refractivity contribution in [3.63, 3.8) is 0 Å². The Morgan fingerprint density at radius 3 is 1.85 bits per heavy atom. The average Bonchev–Trinajstić information content (AvgIpc) is 2.41. The van der Waals surface area contributed by atoms with Gasteiger partial charge in [0.25, 0.3) is 0 Å². The summed E-state index contributed by atoms with van der Waals surface area (Å²) in [6, 6.07) is 5.01. The first-order chi connectivity index (χ1) is 6.25. The van der Waals surface area contributed by atoms with Crippen LogP contribution >= 0.6 is 0 Å². The van der Waals surface area contributed by atoms with Crippen LogP contribution in [-0.4, -0.2) is 17.6 Å². The topological polar surface area (TPSA) is 63.6 Å². The quantitative estimate of drug-likeness (QED) is 0.475. The minimum Gasteiger partial charge on any atom is -0.291 e. The first-order valence-electron chi connectivity index (χ1n) is 3.75. The number of benzene rings is 1. The summed E-state index contributed by atoms with van der Waals surface area (Å²) in [5, 5.41) is 2.52. The number of hydrogen-bond donors (Lipinski definition) is 0. The molecule has 1 aliphatic rings. The second-order valence-corrected chi connectivity index (χ2v) is 2.78. The predicted molar refractivity (Wildman–Crippen MR) is 44.7 cm³/mol. The van der Waals surface area contributed by atoms with Crippen LogP contribution in [-0.2, 0) is 0 Å². The molecule has 0 bridgehead atoms. The summed E-state index contributed by atoms with van der Waals surface area (Å²) in [7, 11) is 0. The SMILES string of the molecule is O=NC1C(=O)c2ccccc2C1=O. The van der Waals surface area contributed by atoms with Gasteiger partial charge in [0, 0.05) is 11.1 Å². The Kier molecular flexibility index (Phi) is 1.55. The van der Waals surface area contributed by atoms with E-state index in [1.807, 2.05) is 0 Å². The van der Waals surface area contributed by atoms with E-state index < -0.39 is 17.6 Å². The third kappa shape index (κ3) is 0.917. The highest BCUT2D eigenvalue weighted by Gasteiger charge is 2.39. The molecule has 4 heteroatoms. The van der Waals surface area contributed by atoms with Gasteiger partial charge in [-0.1, -0.05) is 24.3 Å². The summed E-state index contributed by atoms with van der Waals surface area (Å²) in [5.41, 5.74) is 0.606. The Morgan fingerprint density at radius 2 is 1.46 bits per heavy atom. The number of carbonyl (C=O) groups excluding carboxylic acids is 2. The van der Waals surface area contributed by atoms with E-state index >= 15 is 0 Å². The van der Waals surface area contributed by atoms with Crippen LogP contribution in [0.5, 0.6) is 0 Å². The van der Waals surface area contributed by atoms with Crippen molar-refractivity contribution in [1.82, 2.24) is 0 Å². The highest BCUT2D eigenvalue weighted by atomic mass is 16.3. The Morgan fingerprint density at radius 1 is 1.00 bits per heavy atom. The average molecular weight is 175 g/mol. The smallest absolute Gasteiger partial charge is 0.217 e. The molecule has 2 rings (SSSR count). The molecule has 0 aliphatic heterocycles. The van der Waals surface area contributed by atoms with Gasteiger partial charge in [-0.15, -0.1) is 4.91 Å². The zero-order valence-corrected chi connectivity index (χ0v) is 6.56. The molecule has 0 N–H and O–H groups in total. The first-order valence-corrected chi connectivity index (χ1v) is 3.75. The molecule has 0 fully saturated rings. The molecule has 0 aromatic heterocycles. The van der Waals surface area contributed by atoms with E-state index in [0.717, 1.165) is 0 Å². The molecule has 0 heterocycles. The van der Waals surface area contributed by atoms with Crippen LogP contribution < -0.4 is 0 Å². The van der Waals surface area contributed by atoms with Crippen LogP contribution in [0.3, 0.4) is 0 Å². The molecule has 0 saturated carbocycles. The minimum absolute atomic E-state index is 0.303. The maximum atomic E-state index is 11.3. The van der Waals surface area contributed by atoms with Crippen molar-refractivity contribution in [2.24, 2.45) is 5.18 Å². The molecular weight excluding hydrogens is 170 g/mol. The predicted octanol–water partition coefficient (Wildman–Crippen LogP) is 1.20. The van der Waals surface area contributed by atoms with Gasteiger partial charge in [0.1, 0.15) is 0 Å². The molecule has 0 atom stereocenters. The summed E-state index contributed by atoms with van der Waals surface area (Å²) in [4.78, 5) is 32.9. The standard InChI is InChI=1S/C9H5NO3/c11-8-5-3-1-2-4-6(5)9(12)7(8)10-13/h1-4,7H. The minimum atomic E-state index is -1.35. The lowest BCUT2D eigenvalue weighted by Gasteiger charge is -1.90. The van der Waals surface area contributed by atoms with Gasteiger partial charge in [-0.25, -0.2) is 0 Å². The molecule has 4 nitrogen and oxygen atoms in total. The van der Waals surface area contributed by atoms with Gasteiger partial charge in [0.15, 0.2) is 11.6 Å². The fraction of sp³-hybridized carbons (Fsp3) is 0.111.